The number of thiophene rings is 1. The van der Waals surface area contributed by atoms with Crippen molar-refractivity contribution in [2.45, 2.75) is 6.92 Å². The highest BCUT2D eigenvalue weighted by Crippen LogP contribution is 2.35. The highest BCUT2D eigenvalue weighted by molar-refractivity contribution is 9.10. The minimum atomic E-state index is -0.805. The Morgan fingerprint density at radius 3 is 2.77 bits per heavy atom. The Kier molecular flexibility index (Phi) is 2.12. The van der Waals surface area contributed by atoms with Gasteiger partial charge in [0.2, 0.25) is 0 Å². The second kappa shape index (κ2) is 3.03. The molecule has 68 valence electrons. The van der Waals surface area contributed by atoms with Gasteiger partial charge >= 0.3 is 0 Å². The molecule has 0 N–H and O–H groups in total. The average molecular weight is 263 g/mol. The molecular weight excluding hydrogens is 258 g/mol. The van der Waals surface area contributed by atoms with Crippen LogP contribution >= 0.6 is 27.3 Å². The maximum Gasteiger partial charge on any atom is 0.167 e. The molecule has 2 aromatic rings. The van der Waals surface area contributed by atoms with Crippen LogP contribution in [0.15, 0.2) is 15.9 Å². The van der Waals surface area contributed by atoms with Gasteiger partial charge in [-0.25, -0.2) is 8.78 Å². The number of fused-ring (bicyclic) bond motifs is 1. The van der Waals surface area contributed by atoms with E-state index < -0.39 is 11.6 Å². The van der Waals surface area contributed by atoms with Crippen LogP contribution in [-0.2, 0) is 0 Å². The van der Waals surface area contributed by atoms with Crippen molar-refractivity contribution in [3.63, 3.8) is 0 Å². The summed E-state index contributed by atoms with van der Waals surface area (Å²) < 4.78 is 27.6. The molecule has 0 atom stereocenters. The summed E-state index contributed by atoms with van der Waals surface area (Å²) in [6.45, 7) is 1.77. The molecule has 0 amide bonds. The zero-order chi connectivity index (χ0) is 9.59. The van der Waals surface area contributed by atoms with E-state index in [-0.39, 0.29) is 0 Å². The summed E-state index contributed by atoms with van der Waals surface area (Å²) in [7, 11) is 0. The van der Waals surface area contributed by atoms with E-state index in [0.29, 0.717) is 9.86 Å². The Morgan fingerprint density at radius 2 is 2.08 bits per heavy atom. The van der Waals surface area contributed by atoms with Gasteiger partial charge in [0, 0.05) is 9.86 Å². The van der Waals surface area contributed by atoms with Crippen LogP contribution in [-0.4, -0.2) is 0 Å². The van der Waals surface area contributed by atoms with Gasteiger partial charge in [-0.1, -0.05) is 0 Å². The SMILES string of the molecule is Cc1csc2c(Br)cc(F)c(F)c12. The predicted molar refractivity (Wildman–Crippen MR) is 54.2 cm³/mol. The maximum absolute atomic E-state index is 13.3. The van der Waals surface area contributed by atoms with Gasteiger partial charge in [-0.2, -0.15) is 0 Å². The zero-order valence-electron chi connectivity index (χ0n) is 6.70. The smallest absolute Gasteiger partial charge is 0.167 e. The number of aryl methyl sites for hydroxylation is 1. The first-order valence-corrected chi connectivity index (χ1v) is 5.30. The molecule has 0 unspecified atom stereocenters. The highest BCUT2D eigenvalue weighted by Gasteiger charge is 2.13. The van der Waals surface area contributed by atoms with E-state index in [1.54, 1.807) is 6.92 Å². The monoisotopic (exact) mass is 262 g/mol. The Labute approximate surface area is 86.3 Å². The van der Waals surface area contributed by atoms with Crippen LogP contribution in [0.4, 0.5) is 8.78 Å². The third kappa shape index (κ3) is 1.28. The minimum Gasteiger partial charge on any atom is -0.204 e. The summed E-state index contributed by atoms with van der Waals surface area (Å²) in [6.07, 6.45) is 0. The van der Waals surface area contributed by atoms with Crippen molar-refractivity contribution in [3.05, 3.63) is 33.1 Å². The molecule has 0 aliphatic rings. The summed E-state index contributed by atoms with van der Waals surface area (Å²) in [6, 6.07) is 1.16. The Bertz CT molecular complexity index is 476. The van der Waals surface area contributed by atoms with Crippen LogP contribution in [0.25, 0.3) is 10.1 Å². The molecule has 13 heavy (non-hydrogen) atoms. The summed E-state index contributed by atoms with van der Waals surface area (Å²) in [5.41, 5.74) is 0.776. The van der Waals surface area contributed by atoms with E-state index in [2.05, 4.69) is 15.9 Å². The highest BCUT2D eigenvalue weighted by atomic mass is 79.9. The van der Waals surface area contributed by atoms with Gasteiger partial charge in [0.1, 0.15) is 0 Å². The van der Waals surface area contributed by atoms with Crippen LogP contribution in [0.3, 0.4) is 0 Å². The molecule has 1 aromatic carbocycles. The van der Waals surface area contributed by atoms with E-state index in [0.717, 1.165) is 16.3 Å². The zero-order valence-corrected chi connectivity index (χ0v) is 9.10. The Balaban J connectivity index is 3.00. The standard InChI is InChI=1S/C9H5BrF2S/c1-4-3-13-9-5(10)2-6(11)8(12)7(4)9/h2-3H,1H3. The summed E-state index contributed by atoms with van der Waals surface area (Å²) in [5, 5.41) is 2.20. The van der Waals surface area contributed by atoms with Crippen molar-refractivity contribution in [2.75, 3.05) is 0 Å². The molecule has 0 nitrogen and oxygen atoms in total. The van der Waals surface area contributed by atoms with E-state index in [9.17, 15) is 8.78 Å². The molecule has 0 fully saturated rings. The second-order valence-corrected chi connectivity index (χ2v) is 4.51. The molecule has 0 saturated heterocycles. The molecule has 1 heterocycles. The van der Waals surface area contributed by atoms with Gasteiger partial charge in [0.25, 0.3) is 0 Å². The number of hydrogen-bond donors (Lipinski definition) is 0. The lowest BCUT2D eigenvalue weighted by Crippen LogP contribution is -1.85. The van der Waals surface area contributed by atoms with Crippen molar-refractivity contribution in [3.8, 4) is 0 Å². The normalized spacial score (nSPS) is 11.1. The summed E-state index contributed by atoms with van der Waals surface area (Å²) in [4.78, 5) is 0. The molecule has 0 saturated carbocycles. The predicted octanol–water partition coefficient (Wildman–Crippen LogP) is 4.25. The van der Waals surface area contributed by atoms with Crippen molar-refractivity contribution in [1.29, 1.82) is 0 Å². The first-order chi connectivity index (χ1) is 6.11. The summed E-state index contributed by atoms with van der Waals surface area (Å²) in [5.74, 6) is -1.56. The molecule has 4 heteroatoms. The van der Waals surface area contributed by atoms with E-state index in [1.807, 2.05) is 5.38 Å². The lowest BCUT2D eigenvalue weighted by atomic mass is 10.2. The lowest BCUT2D eigenvalue weighted by Gasteiger charge is -1.98. The Hall–Kier alpha value is -0.480. The molecular formula is C9H5BrF2S. The van der Waals surface area contributed by atoms with Gasteiger partial charge in [-0.05, 0) is 39.9 Å². The minimum absolute atomic E-state index is 0.386. The van der Waals surface area contributed by atoms with Crippen molar-refractivity contribution < 1.29 is 8.78 Å². The molecule has 0 bridgehead atoms. The maximum atomic E-state index is 13.3. The van der Waals surface area contributed by atoms with Crippen LogP contribution in [0.2, 0.25) is 0 Å². The molecule has 0 aliphatic carbocycles. The molecule has 0 aliphatic heterocycles. The number of halogens is 3. The van der Waals surface area contributed by atoms with Crippen LogP contribution in [0.5, 0.6) is 0 Å². The fraction of sp³-hybridized carbons (Fsp3) is 0.111. The van der Waals surface area contributed by atoms with Crippen molar-refractivity contribution in [1.82, 2.24) is 0 Å². The van der Waals surface area contributed by atoms with Gasteiger partial charge in [0.05, 0.1) is 4.70 Å². The fourth-order valence-corrected chi connectivity index (χ4v) is 2.88. The van der Waals surface area contributed by atoms with Crippen molar-refractivity contribution in [2.24, 2.45) is 0 Å². The number of benzene rings is 1. The van der Waals surface area contributed by atoms with Crippen molar-refractivity contribution >= 4 is 37.4 Å². The average Bonchev–Trinajstić information content (AvgIpc) is 2.44. The lowest BCUT2D eigenvalue weighted by molar-refractivity contribution is 0.516. The van der Waals surface area contributed by atoms with Gasteiger partial charge in [-0.15, -0.1) is 11.3 Å². The quantitative estimate of drug-likeness (QED) is 0.623. The molecule has 1 aromatic heterocycles. The van der Waals surface area contributed by atoms with E-state index in [4.69, 9.17) is 0 Å². The van der Waals surface area contributed by atoms with E-state index >= 15 is 0 Å². The third-order valence-corrected chi connectivity index (χ3v) is 3.89. The second-order valence-electron chi connectivity index (χ2n) is 2.78. The van der Waals surface area contributed by atoms with E-state index in [1.165, 1.54) is 11.3 Å². The van der Waals surface area contributed by atoms with Crippen LogP contribution in [0, 0.1) is 18.6 Å². The Morgan fingerprint density at radius 1 is 1.38 bits per heavy atom. The largest absolute Gasteiger partial charge is 0.204 e. The number of rotatable bonds is 0. The van der Waals surface area contributed by atoms with Crippen LogP contribution in [0.1, 0.15) is 5.56 Å². The molecule has 2 rings (SSSR count). The number of hydrogen-bond acceptors (Lipinski definition) is 1. The van der Waals surface area contributed by atoms with Gasteiger partial charge in [-0.3, -0.25) is 0 Å². The topological polar surface area (TPSA) is 0 Å². The third-order valence-electron chi connectivity index (χ3n) is 1.87. The fourth-order valence-electron chi connectivity index (χ4n) is 1.25. The first-order valence-electron chi connectivity index (χ1n) is 3.62. The van der Waals surface area contributed by atoms with Gasteiger partial charge in [0.15, 0.2) is 11.6 Å². The van der Waals surface area contributed by atoms with Gasteiger partial charge < -0.3 is 0 Å². The molecule has 0 spiro atoms. The summed E-state index contributed by atoms with van der Waals surface area (Å²) >= 11 is 4.61. The van der Waals surface area contributed by atoms with Crippen LogP contribution < -0.4 is 0 Å². The molecule has 0 radical (unpaired) electrons. The first kappa shape index (κ1) is 9.09.